The number of nitrogens with zero attached hydrogens (tertiary/aromatic N) is 3. The average molecular weight is 393 g/mol. The van der Waals surface area contributed by atoms with Crippen molar-refractivity contribution < 1.29 is 4.79 Å². The van der Waals surface area contributed by atoms with Gasteiger partial charge >= 0.3 is 0 Å². The summed E-state index contributed by atoms with van der Waals surface area (Å²) in [5.74, 6) is 0.952. The van der Waals surface area contributed by atoms with Gasteiger partial charge in [0.05, 0.1) is 5.75 Å². The maximum absolute atomic E-state index is 12.1. The molecule has 1 aromatic heterocycles. The summed E-state index contributed by atoms with van der Waals surface area (Å²) in [5, 5.41) is 3.79. The van der Waals surface area contributed by atoms with Crippen molar-refractivity contribution in [2.24, 2.45) is 0 Å². The lowest BCUT2D eigenvalue weighted by Gasteiger charge is -2.22. The number of rotatable bonds is 9. The molecule has 0 spiro atoms. The summed E-state index contributed by atoms with van der Waals surface area (Å²) in [6.45, 7) is 8.11. The number of halogens is 1. The van der Waals surface area contributed by atoms with Crippen LogP contribution in [0.1, 0.15) is 32.3 Å². The van der Waals surface area contributed by atoms with Crippen molar-refractivity contribution in [1.82, 2.24) is 9.97 Å². The highest BCUT2D eigenvalue weighted by Gasteiger charge is 2.12. The molecule has 1 aromatic carbocycles. The number of nitrogens with one attached hydrogen (secondary N) is 1. The third kappa shape index (κ3) is 6.50. The van der Waals surface area contributed by atoms with Crippen LogP contribution in [0.4, 0.5) is 11.5 Å². The van der Waals surface area contributed by atoms with Crippen LogP contribution in [0.3, 0.4) is 0 Å². The van der Waals surface area contributed by atoms with Crippen LogP contribution in [0.25, 0.3) is 0 Å². The van der Waals surface area contributed by atoms with Gasteiger partial charge in [-0.15, -0.1) is 0 Å². The molecule has 0 saturated carbocycles. The first-order chi connectivity index (χ1) is 12.5. The fraction of sp³-hybridized carbons (Fsp3) is 0.421. The molecule has 0 aliphatic rings. The highest BCUT2D eigenvalue weighted by Crippen LogP contribution is 2.22. The molecular weight excluding hydrogens is 368 g/mol. The predicted molar refractivity (Wildman–Crippen MR) is 110 cm³/mol. The Labute approximate surface area is 164 Å². The number of carbonyl (C=O) groups excluding carboxylic acids is 1. The van der Waals surface area contributed by atoms with Gasteiger partial charge in [0, 0.05) is 24.8 Å². The molecule has 7 heteroatoms. The molecule has 26 heavy (non-hydrogen) atoms. The molecule has 0 radical (unpaired) electrons. The molecule has 0 aliphatic heterocycles. The quantitative estimate of drug-likeness (QED) is 0.377. The second-order valence-corrected chi connectivity index (χ2v) is 7.35. The van der Waals surface area contributed by atoms with E-state index in [-0.39, 0.29) is 11.7 Å². The van der Waals surface area contributed by atoms with Crippen LogP contribution in [0, 0.1) is 6.92 Å². The zero-order chi connectivity index (χ0) is 18.9. The number of hydrogen-bond donors (Lipinski definition) is 1. The Bertz CT molecular complexity index is 718. The molecule has 0 unspecified atom stereocenters. The molecule has 0 atom stereocenters. The molecule has 0 aliphatic carbocycles. The fourth-order valence-corrected chi connectivity index (χ4v) is 3.34. The maximum atomic E-state index is 12.1. The molecule has 0 fully saturated rings. The first-order valence-corrected chi connectivity index (χ1v) is 10.2. The lowest BCUT2D eigenvalue weighted by molar-refractivity contribution is -0.113. The summed E-state index contributed by atoms with van der Waals surface area (Å²) in [5.41, 5.74) is 1.94. The highest BCUT2D eigenvalue weighted by atomic mass is 35.5. The van der Waals surface area contributed by atoms with Crippen molar-refractivity contribution >= 4 is 40.8 Å². The zero-order valence-corrected chi connectivity index (χ0v) is 17.0. The van der Waals surface area contributed by atoms with Gasteiger partial charge in [-0.05, 0) is 31.9 Å². The van der Waals surface area contributed by atoms with Crippen molar-refractivity contribution in [3.63, 3.8) is 0 Å². The van der Waals surface area contributed by atoms with Crippen molar-refractivity contribution in [2.75, 3.05) is 29.1 Å². The summed E-state index contributed by atoms with van der Waals surface area (Å²) >= 11 is 7.45. The van der Waals surface area contributed by atoms with E-state index < -0.39 is 0 Å². The largest absolute Gasteiger partial charge is 0.356 e. The number of aromatic nitrogens is 2. The average Bonchev–Trinajstić information content (AvgIpc) is 2.61. The number of aryl methyl sites for hydroxylation is 1. The van der Waals surface area contributed by atoms with Crippen LogP contribution in [-0.2, 0) is 4.79 Å². The SMILES string of the molecule is CCCN(CCC)c1cc(Cl)nc(SCC(=O)Nc2ccc(C)cc2)n1. The molecule has 1 amide bonds. The first-order valence-electron chi connectivity index (χ1n) is 8.80. The Morgan fingerprint density at radius 1 is 1.15 bits per heavy atom. The zero-order valence-electron chi connectivity index (χ0n) is 15.5. The van der Waals surface area contributed by atoms with Gasteiger partial charge in [-0.2, -0.15) is 0 Å². The van der Waals surface area contributed by atoms with Gasteiger partial charge in [0.1, 0.15) is 11.0 Å². The van der Waals surface area contributed by atoms with Crippen molar-refractivity contribution in [1.29, 1.82) is 0 Å². The minimum atomic E-state index is -0.0945. The lowest BCUT2D eigenvalue weighted by Crippen LogP contribution is -2.26. The monoisotopic (exact) mass is 392 g/mol. The van der Waals surface area contributed by atoms with Crippen molar-refractivity contribution in [3.05, 3.63) is 41.0 Å². The lowest BCUT2D eigenvalue weighted by atomic mass is 10.2. The van der Waals surface area contributed by atoms with Crippen LogP contribution in [0.2, 0.25) is 5.15 Å². The van der Waals surface area contributed by atoms with Crippen LogP contribution < -0.4 is 10.2 Å². The van der Waals surface area contributed by atoms with Crippen LogP contribution in [0.15, 0.2) is 35.5 Å². The van der Waals surface area contributed by atoms with Crippen LogP contribution in [0.5, 0.6) is 0 Å². The Balaban J connectivity index is 1.99. The van der Waals surface area contributed by atoms with Gasteiger partial charge in [0.15, 0.2) is 5.16 Å². The van der Waals surface area contributed by atoms with E-state index in [0.29, 0.717) is 10.3 Å². The minimum absolute atomic E-state index is 0.0945. The standard InChI is InChI=1S/C19H25ClN4OS/c1-4-10-24(11-5-2)17-12-16(20)22-19(23-17)26-13-18(25)21-15-8-6-14(3)7-9-15/h6-9,12H,4-5,10-11,13H2,1-3H3,(H,21,25). The number of carbonyl (C=O) groups is 1. The molecule has 1 heterocycles. The third-order valence-electron chi connectivity index (χ3n) is 3.64. The Morgan fingerprint density at radius 2 is 1.81 bits per heavy atom. The topological polar surface area (TPSA) is 58.1 Å². The molecule has 0 saturated heterocycles. The van der Waals surface area contributed by atoms with E-state index in [1.165, 1.54) is 11.8 Å². The second kappa shape index (κ2) is 10.4. The third-order valence-corrected chi connectivity index (χ3v) is 4.68. The molecular formula is C19H25ClN4OS. The van der Waals surface area contributed by atoms with E-state index in [1.54, 1.807) is 6.07 Å². The Morgan fingerprint density at radius 3 is 2.42 bits per heavy atom. The molecule has 2 rings (SSSR count). The van der Waals surface area contributed by atoms with E-state index in [0.717, 1.165) is 43.0 Å². The molecule has 0 bridgehead atoms. The number of amides is 1. The highest BCUT2D eigenvalue weighted by molar-refractivity contribution is 7.99. The smallest absolute Gasteiger partial charge is 0.234 e. The summed E-state index contributed by atoms with van der Waals surface area (Å²) in [4.78, 5) is 23.2. The van der Waals surface area contributed by atoms with Crippen molar-refractivity contribution in [2.45, 2.75) is 38.8 Å². The predicted octanol–water partition coefficient (Wildman–Crippen LogP) is 4.80. The number of anilines is 2. The second-order valence-electron chi connectivity index (χ2n) is 6.02. The molecule has 2 aromatic rings. The Hall–Kier alpha value is -1.79. The molecule has 140 valence electrons. The van der Waals surface area contributed by atoms with Gasteiger partial charge in [-0.25, -0.2) is 9.97 Å². The first kappa shape index (κ1) is 20.5. The van der Waals surface area contributed by atoms with E-state index >= 15 is 0 Å². The van der Waals surface area contributed by atoms with Crippen LogP contribution >= 0.6 is 23.4 Å². The van der Waals surface area contributed by atoms with Crippen LogP contribution in [-0.4, -0.2) is 34.7 Å². The minimum Gasteiger partial charge on any atom is -0.356 e. The van der Waals surface area contributed by atoms with E-state index in [9.17, 15) is 4.79 Å². The number of thioether (sulfide) groups is 1. The molecule has 1 N–H and O–H groups in total. The van der Waals surface area contributed by atoms with Gasteiger partial charge in [-0.3, -0.25) is 4.79 Å². The summed E-state index contributed by atoms with van der Waals surface area (Å²) in [6, 6.07) is 9.48. The van der Waals surface area contributed by atoms with Gasteiger partial charge < -0.3 is 10.2 Å². The maximum Gasteiger partial charge on any atom is 0.234 e. The van der Waals surface area contributed by atoms with Gasteiger partial charge in [0.2, 0.25) is 5.91 Å². The van der Waals surface area contributed by atoms with Gasteiger partial charge in [-0.1, -0.05) is 54.9 Å². The summed E-state index contributed by atoms with van der Waals surface area (Å²) in [6.07, 6.45) is 2.06. The van der Waals surface area contributed by atoms with E-state index in [1.807, 2.05) is 31.2 Å². The number of benzene rings is 1. The van der Waals surface area contributed by atoms with E-state index in [4.69, 9.17) is 11.6 Å². The molecule has 5 nitrogen and oxygen atoms in total. The normalized spacial score (nSPS) is 10.6. The fourth-order valence-electron chi connectivity index (χ4n) is 2.46. The van der Waals surface area contributed by atoms with E-state index in [2.05, 4.69) is 34.0 Å². The Kier molecular flexibility index (Phi) is 8.19. The van der Waals surface area contributed by atoms with Gasteiger partial charge in [0.25, 0.3) is 0 Å². The number of hydrogen-bond acceptors (Lipinski definition) is 5. The van der Waals surface area contributed by atoms with Crippen molar-refractivity contribution in [3.8, 4) is 0 Å². The summed E-state index contributed by atoms with van der Waals surface area (Å²) in [7, 11) is 0. The summed E-state index contributed by atoms with van der Waals surface area (Å²) < 4.78 is 0.